The number of para-hydroxylation sites is 2. The number of anilines is 1. The molecule has 0 saturated carbocycles. The number of benzene rings is 2. The second-order valence-corrected chi connectivity index (χ2v) is 6.38. The monoisotopic (exact) mass is 390 g/mol. The van der Waals surface area contributed by atoms with Gasteiger partial charge in [0.2, 0.25) is 5.91 Å². The largest absolute Gasteiger partial charge is 0.492 e. The van der Waals surface area contributed by atoms with Crippen LogP contribution in [0.25, 0.3) is 0 Å². The summed E-state index contributed by atoms with van der Waals surface area (Å²) < 4.78 is 11.2. The highest BCUT2D eigenvalue weighted by Gasteiger charge is 2.21. The first-order valence-corrected chi connectivity index (χ1v) is 9.08. The maximum atomic E-state index is 13.0. The molecule has 1 heterocycles. The van der Waals surface area contributed by atoms with E-state index in [1.807, 2.05) is 66.4 Å². The summed E-state index contributed by atoms with van der Waals surface area (Å²) in [7, 11) is 0. The summed E-state index contributed by atoms with van der Waals surface area (Å²) in [6.07, 6.45) is 0. The molecule has 1 amide bonds. The van der Waals surface area contributed by atoms with E-state index >= 15 is 0 Å². The number of carbonyl (C=O) groups is 1. The molecule has 0 radical (unpaired) electrons. The highest BCUT2D eigenvalue weighted by atomic mass is 35.5. The van der Waals surface area contributed by atoms with E-state index in [0.717, 1.165) is 30.1 Å². The van der Waals surface area contributed by atoms with Crippen LogP contribution in [-0.2, 0) is 9.53 Å². The average molecular weight is 391 g/mol. The van der Waals surface area contributed by atoms with Gasteiger partial charge in [0, 0.05) is 18.8 Å². The van der Waals surface area contributed by atoms with Crippen molar-refractivity contribution in [3.8, 4) is 5.75 Å². The van der Waals surface area contributed by atoms with Gasteiger partial charge in [-0.05, 0) is 30.7 Å². The number of aryl methyl sites for hydroxylation is 1. The zero-order valence-electron chi connectivity index (χ0n) is 15.7. The highest BCUT2D eigenvalue weighted by molar-refractivity contribution is 5.95. The van der Waals surface area contributed by atoms with Crippen molar-refractivity contribution >= 4 is 24.0 Å². The molecule has 0 spiro atoms. The molecule has 146 valence electrons. The zero-order chi connectivity index (χ0) is 18.2. The average Bonchev–Trinajstić information content (AvgIpc) is 2.68. The number of hydrogen-bond acceptors (Lipinski definition) is 4. The van der Waals surface area contributed by atoms with Gasteiger partial charge >= 0.3 is 0 Å². The van der Waals surface area contributed by atoms with E-state index in [4.69, 9.17) is 9.47 Å². The summed E-state index contributed by atoms with van der Waals surface area (Å²) in [5.41, 5.74) is 2.03. The molecule has 0 aromatic heterocycles. The fourth-order valence-corrected chi connectivity index (χ4v) is 3.05. The van der Waals surface area contributed by atoms with Gasteiger partial charge in [-0.3, -0.25) is 9.69 Å². The van der Waals surface area contributed by atoms with Crippen LogP contribution in [0.15, 0.2) is 54.6 Å². The minimum Gasteiger partial charge on any atom is -0.492 e. The van der Waals surface area contributed by atoms with Crippen molar-refractivity contribution in [2.24, 2.45) is 0 Å². The lowest BCUT2D eigenvalue weighted by atomic mass is 10.1. The molecule has 0 bridgehead atoms. The predicted octanol–water partition coefficient (Wildman–Crippen LogP) is 3.16. The molecule has 2 aromatic carbocycles. The molecule has 1 fully saturated rings. The van der Waals surface area contributed by atoms with Crippen molar-refractivity contribution in [1.29, 1.82) is 0 Å². The second kappa shape index (κ2) is 10.9. The molecule has 3 rings (SSSR count). The van der Waals surface area contributed by atoms with Crippen molar-refractivity contribution in [3.05, 3.63) is 60.2 Å². The lowest BCUT2D eigenvalue weighted by Crippen LogP contribution is -2.46. The number of carbonyl (C=O) groups excluding carboxylic acids is 1. The quantitative estimate of drug-likeness (QED) is 0.728. The third kappa shape index (κ3) is 6.24. The zero-order valence-corrected chi connectivity index (χ0v) is 16.5. The molecule has 2 aromatic rings. The van der Waals surface area contributed by atoms with E-state index in [9.17, 15) is 4.79 Å². The molecule has 0 aliphatic carbocycles. The summed E-state index contributed by atoms with van der Waals surface area (Å²) in [6, 6.07) is 17.7. The summed E-state index contributed by atoms with van der Waals surface area (Å²) in [5.74, 6) is 0.913. The summed E-state index contributed by atoms with van der Waals surface area (Å²) in [4.78, 5) is 17.0. The molecule has 0 atom stereocenters. The van der Waals surface area contributed by atoms with Crippen LogP contribution < -0.4 is 9.64 Å². The van der Waals surface area contributed by atoms with Crippen LogP contribution in [0.4, 0.5) is 5.69 Å². The molecule has 6 heteroatoms. The van der Waals surface area contributed by atoms with Crippen LogP contribution in [0.5, 0.6) is 5.75 Å². The number of halogens is 1. The number of nitrogens with zero attached hydrogens (tertiary/aromatic N) is 2. The Kier molecular flexibility index (Phi) is 8.58. The van der Waals surface area contributed by atoms with Gasteiger partial charge in [0.1, 0.15) is 12.4 Å². The molecular weight excluding hydrogens is 364 g/mol. The molecule has 1 aliphatic rings. The van der Waals surface area contributed by atoms with Crippen LogP contribution >= 0.6 is 12.4 Å². The first-order valence-electron chi connectivity index (χ1n) is 9.08. The number of ether oxygens (including phenoxy) is 2. The fraction of sp³-hybridized carbons (Fsp3) is 0.381. The van der Waals surface area contributed by atoms with Crippen LogP contribution in [-0.4, -0.2) is 56.8 Å². The predicted molar refractivity (Wildman–Crippen MR) is 110 cm³/mol. The van der Waals surface area contributed by atoms with E-state index in [-0.39, 0.29) is 18.3 Å². The van der Waals surface area contributed by atoms with Crippen molar-refractivity contribution in [1.82, 2.24) is 4.90 Å². The molecule has 0 unspecified atom stereocenters. The van der Waals surface area contributed by atoms with Gasteiger partial charge < -0.3 is 14.4 Å². The van der Waals surface area contributed by atoms with Crippen LogP contribution in [0.3, 0.4) is 0 Å². The minimum absolute atomic E-state index is 0. The van der Waals surface area contributed by atoms with Crippen LogP contribution in [0.1, 0.15) is 5.56 Å². The van der Waals surface area contributed by atoms with Crippen molar-refractivity contribution in [2.75, 3.05) is 50.9 Å². The normalized spacial score (nSPS) is 14.3. The Hall–Kier alpha value is -2.08. The molecule has 27 heavy (non-hydrogen) atoms. The molecule has 1 aliphatic heterocycles. The van der Waals surface area contributed by atoms with Gasteiger partial charge in [-0.2, -0.15) is 0 Å². The van der Waals surface area contributed by atoms with Gasteiger partial charge in [-0.25, -0.2) is 0 Å². The lowest BCUT2D eigenvalue weighted by Gasteiger charge is -2.30. The Bertz CT molecular complexity index is 706. The fourth-order valence-electron chi connectivity index (χ4n) is 3.05. The van der Waals surface area contributed by atoms with Crippen LogP contribution in [0.2, 0.25) is 0 Å². The van der Waals surface area contributed by atoms with Gasteiger partial charge in [0.15, 0.2) is 0 Å². The molecular formula is C21H27ClN2O3. The van der Waals surface area contributed by atoms with E-state index in [1.165, 1.54) is 0 Å². The van der Waals surface area contributed by atoms with E-state index < -0.39 is 0 Å². The molecule has 0 N–H and O–H groups in total. The van der Waals surface area contributed by atoms with E-state index in [0.29, 0.717) is 32.9 Å². The maximum absolute atomic E-state index is 13.0. The second-order valence-electron chi connectivity index (χ2n) is 6.38. The number of rotatable bonds is 7. The maximum Gasteiger partial charge on any atom is 0.241 e. The van der Waals surface area contributed by atoms with Crippen molar-refractivity contribution in [2.45, 2.75) is 6.92 Å². The van der Waals surface area contributed by atoms with E-state index in [2.05, 4.69) is 4.90 Å². The Morgan fingerprint density at radius 3 is 2.44 bits per heavy atom. The summed E-state index contributed by atoms with van der Waals surface area (Å²) in [6.45, 7) is 6.38. The Labute approximate surface area is 167 Å². The third-order valence-electron chi connectivity index (χ3n) is 4.50. The standard InChI is InChI=1S/C21H26N2O3.ClH/c1-18-7-5-6-10-20(18)23(13-16-26-19-8-3-2-4-9-19)21(24)17-22-11-14-25-15-12-22;/h2-10H,11-17H2,1H3;1H. The first kappa shape index (κ1) is 21.2. The van der Waals surface area contributed by atoms with Gasteiger partial charge in [-0.1, -0.05) is 36.4 Å². The highest BCUT2D eigenvalue weighted by Crippen LogP contribution is 2.20. The van der Waals surface area contributed by atoms with Crippen molar-refractivity contribution in [3.63, 3.8) is 0 Å². The number of morpholine rings is 1. The smallest absolute Gasteiger partial charge is 0.241 e. The van der Waals surface area contributed by atoms with E-state index in [1.54, 1.807) is 0 Å². The minimum atomic E-state index is 0. The lowest BCUT2D eigenvalue weighted by molar-refractivity contribution is -0.120. The Balaban J connectivity index is 0.00000261. The van der Waals surface area contributed by atoms with Crippen LogP contribution in [0, 0.1) is 6.92 Å². The Morgan fingerprint density at radius 2 is 1.74 bits per heavy atom. The summed E-state index contributed by atoms with van der Waals surface area (Å²) in [5, 5.41) is 0. The topological polar surface area (TPSA) is 42.0 Å². The third-order valence-corrected chi connectivity index (χ3v) is 4.50. The number of amides is 1. The Morgan fingerprint density at radius 1 is 1.07 bits per heavy atom. The van der Waals surface area contributed by atoms with Gasteiger partial charge in [-0.15, -0.1) is 12.4 Å². The van der Waals surface area contributed by atoms with Crippen molar-refractivity contribution < 1.29 is 14.3 Å². The SMILES string of the molecule is Cc1ccccc1N(CCOc1ccccc1)C(=O)CN1CCOCC1.Cl. The van der Waals surface area contributed by atoms with Gasteiger partial charge in [0.05, 0.1) is 26.3 Å². The number of hydrogen-bond donors (Lipinski definition) is 0. The van der Waals surface area contributed by atoms with Gasteiger partial charge in [0.25, 0.3) is 0 Å². The first-order chi connectivity index (χ1) is 12.7. The molecule has 5 nitrogen and oxygen atoms in total. The summed E-state index contributed by atoms with van der Waals surface area (Å²) >= 11 is 0. The molecule has 1 saturated heterocycles.